The first kappa shape index (κ1) is 12.5. The molecule has 0 unspecified atom stereocenters. The van der Waals surface area contributed by atoms with Crippen molar-refractivity contribution in [2.45, 2.75) is 37.4 Å². The molecule has 110 valence electrons. The van der Waals surface area contributed by atoms with Crippen LogP contribution in [0.25, 0.3) is 11.2 Å². The van der Waals surface area contributed by atoms with Crippen LogP contribution in [0, 0.1) is 0 Å². The monoisotopic (exact) mass is 287 g/mol. The molecular weight excluding hydrogens is 270 g/mol. The Kier molecular flexibility index (Phi) is 2.79. The molecule has 2 aromatic rings. The summed E-state index contributed by atoms with van der Waals surface area (Å²) in [6.45, 7) is 0. The Morgan fingerprint density at radius 3 is 2.86 bits per heavy atom. The standard InChI is InChI=1S/C13H17N7O/c14-13-17-11(16-7-1-2-7)10-12(18-13)20(6-15-10)9-4-3-8(5-9)19-21/h3-4,6-9,19,21H,1-2,5H2,(H3,14,16,17,18)/t8-,9+/m1/s1. The number of nitrogen functional groups attached to an aromatic ring is 1. The fourth-order valence-electron chi connectivity index (χ4n) is 2.68. The van der Waals surface area contributed by atoms with Crippen LogP contribution >= 0.6 is 0 Å². The Hall–Kier alpha value is -2.19. The predicted molar refractivity (Wildman–Crippen MR) is 77.9 cm³/mol. The minimum Gasteiger partial charge on any atom is -0.368 e. The summed E-state index contributed by atoms with van der Waals surface area (Å²) in [5.74, 6) is 0.948. The van der Waals surface area contributed by atoms with Gasteiger partial charge in [0.25, 0.3) is 0 Å². The molecule has 0 amide bonds. The Bertz CT molecular complexity index is 706. The lowest BCUT2D eigenvalue weighted by atomic mass is 10.2. The van der Waals surface area contributed by atoms with Gasteiger partial charge in [-0.3, -0.25) is 0 Å². The molecule has 0 radical (unpaired) electrons. The summed E-state index contributed by atoms with van der Waals surface area (Å²) in [6.07, 6.45) is 8.78. The highest BCUT2D eigenvalue weighted by molar-refractivity contribution is 5.84. The SMILES string of the molecule is Nc1nc(NC2CC2)c2ncn([C@H]3C=C[C@@H](NO)C3)c2n1. The van der Waals surface area contributed by atoms with E-state index < -0.39 is 0 Å². The molecule has 5 N–H and O–H groups in total. The highest BCUT2D eigenvalue weighted by atomic mass is 16.5. The number of hydrogen-bond donors (Lipinski definition) is 4. The lowest BCUT2D eigenvalue weighted by molar-refractivity contribution is 0.139. The normalized spacial score (nSPS) is 24.8. The second-order valence-electron chi connectivity index (χ2n) is 5.60. The van der Waals surface area contributed by atoms with Crippen LogP contribution in [0.15, 0.2) is 18.5 Å². The van der Waals surface area contributed by atoms with Gasteiger partial charge in [0.15, 0.2) is 17.0 Å². The highest BCUT2D eigenvalue weighted by Crippen LogP contribution is 2.31. The number of allylic oxidation sites excluding steroid dienone is 1. The van der Waals surface area contributed by atoms with Gasteiger partial charge in [0.05, 0.1) is 18.4 Å². The van der Waals surface area contributed by atoms with E-state index in [-0.39, 0.29) is 18.0 Å². The number of fused-ring (bicyclic) bond motifs is 1. The van der Waals surface area contributed by atoms with Crippen LogP contribution in [0.5, 0.6) is 0 Å². The van der Waals surface area contributed by atoms with Gasteiger partial charge in [0.1, 0.15) is 0 Å². The summed E-state index contributed by atoms with van der Waals surface area (Å²) in [5.41, 5.74) is 9.56. The number of nitrogens with two attached hydrogens (primary N) is 1. The van der Waals surface area contributed by atoms with Crippen LogP contribution < -0.4 is 16.5 Å². The summed E-state index contributed by atoms with van der Waals surface area (Å²) in [4.78, 5) is 13.0. The number of aromatic nitrogens is 4. The van der Waals surface area contributed by atoms with Gasteiger partial charge in [0.2, 0.25) is 5.95 Å². The summed E-state index contributed by atoms with van der Waals surface area (Å²) in [6, 6.07) is 0.528. The van der Waals surface area contributed by atoms with Crippen molar-refractivity contribution in [2.75, 3.05) is 11.1 Å². The fraction of sp³-hybridized carbons (Fsp3) is 0.462. The molecule has 0 aliphatic heterocycles. The topological polar surface area (TPSA) is 114 Å². The van der Waals surface area contributed by atoms with Gasteiger partial charge in [0, 0.05) is 6.04 Å². The molecule has 4 rings (SSSR count). The Labute approximate surface area is 121 Å². The number of nitrogens with zero attached hydrogens (tertiary/aromatic N) is 4. The number of hydroxylamine groups is 1. The van der Waals surface area contributed by atoms with Crippen LogP contribution in [-0.4, -0.2) is 36.8 Å². The van der Waals surface area contributed by atoms with Crippen LogP contribution in [-0.2, 0) is 0 Å². The second kappa shape index (κ2) is 4.68. The third kappa shape index (κ3) is 2.22. The molecule has 0 spiro atoms. The highest BCUT2D eigenvalue weighted by Gasteiger charge is 2.26. The summed E-state index contributed by atoms with van der Waals surface area (Å²) in [7, 11) is 0. The van der Waals surface area contributed by atoms with Gasteiger partial charge in [-0.25, -0.2) is 4.98 Å². The van der Waals surface area contributed by atoms with Gasteiger partial charge in [-0.2, -0.15) is 15.4 Å². The molecule has 0 bridgehead atoms. The van der Waals surface area contributed by atoms with Crippen LogP contribution in [0.2, 0.25) is 0 Å². The van der Waals surface area contributed by atoms with E-state index in [1.807, 2.05) is 16.7 Å². The molecule has 2 heterocycles. The first-order valence-corrected chi connectivity index (χ1v) is 7.09. The van der Waals surface area contributed by atoms with E-state index in [1.54, 1.807) is 6.33 Å². The minimum absolute atomic E-state index is 0.0457. The van der Waals surface area contributed by atoms with Gasteiger partial charge in [-0.15, -0.1) is 0 Å². The number of nitrogens with one attached hydrogen (secondary N) is 2. The van der Waals surface area contributed by atoms with E-state index in [2.05, 4.69) is 25.7 Å². The maximum Gasteiger partial charge on any atom is 0.224 e. The summed E-state index contributed by atoms with van der Waals surface area (Å²) in [5, 5.41) is 12.4. The van der Waals surface area contributed by atoms with Gasteiger partial charge >= 0.3 is 0 Å². The van der Waals surface area contributed by atoms with E-state index in [0.29, 0.717) is 11.9 Å². The van der Waals surface area contributed by atoms with E-state index in [4.69, 9.17) is 10.9 Å². The summed E-state index contributed by atoms with van der Waals surface area (Å²) >= 11 is 0. The molecule has 2 aliphatic rings. The average molecular weight is 287 g/mol. The third-order valence-corrected chi connectivity index (χ3v) is 3.94. The lowest BCUT2D eigenvalue weighted by Crippen LogP contribution is -2.22. The molecule has 2 atom stereocenters. The molecule has 2 aliphatic carbocycles. The smallest absolute Gasteiger partial charge is 0.224 e. The quantitative estimate of drug-likeness (QED) is 0.486. The number of anilines is 2. The van der Waals surface area contributed by atoms with E-state index in [9.17, 15) is 0 Å². The Morgan fingerprint density at radius 2 is 2.14 bits per heavy atom. The van der Waals surface area contributed by atoms with Crippen molar-refractivity contribution < 1.29 is 5.21 Å². The molecule has 2 aromatic heterocycles. The number of hydrogen-bond acceptors (Lipinski definition) is 7. The van der Waals surface area contributed by atoms with Crippen molar-refractivity contribution in [3.63, 3.8) is 0 Å². The van der Waals surface area contributed by atoms with Crippen molar-refractivity contribution in [3.8, 4) is 0 Å². The molecule has 8 nitrogen and oxygen atoms in total. The third-order valence-electron chi connectivity index (χ3n) is 3.94. The first-order valence-electron chi connectivity index (χ1n) is 7.09. The molecule has 0 aromatic carbocycles. The first-order chi connectivity index (χ1) is 10.2. The van der Waals surface area contributed by atoms with E-state index in [0.717, 1.165) is 30.4 Å². The largest absolute Gasteiger partial charge is 0.368 e. The van der Waals surface area contributed by atoms with E-state index in [1.165, 1.54) is 0 Å². The zero-order valence-electron chi connectivity index (χ0n) is 11.4. The van der Waals surface area contributed by atoms with Crippen molar-refractivity contribution in [1.82, 2.24) is 25.0 Å². The van der Waals surface area contributed by atoms with Crippen LogP contribution in [0.3, 0.4) is 0 Å². The maximum absolute atomic E-state index is 9.01. The average Bonchev–Trinajstić information content (AvgIpc) is 3.01. The fourth-order valence-corrected chi connectivity index (χ4v) is 2.68. The van der Waals surface area contributed by atoms with Crippen LogP contribution in [0.1, 0.15) is 25.3 Å². The Morgan fingerprint density at radius 1 is 1.29 bits per heavy atom. The molecule has 1 fully saturated rings. The van der Waals surface area contributed by atoms with Gasteiger partial charge in [-0.05, 0) is 19.3 Å². The summed E-state index contributed by atoms with van der Waals surface area (Å²) < 4.78 is 1.97. The minimum atomic E-state index is -0.0457. The number of rotatable bonds is 4. The zero-order valence-corrected chi connectivity index (χ0v) is 11.4. The van der Waals surface area contributed by atoms with E-state index >= 15 is 0 Å². The molecule has 0 saturated heterocycles. The van der Waals surface area contributed by atoms with Crippen LogP contribution in [0.4, 0.5) is 11.8 Å². The maximum atomic E-state index is 9.01. The Balaban J connectivity index is 1.73. The van der Waals surface area contributed by atoms with Crippen molar-refractivity contribution in [3.05, 3.63) is 18.5 Å². The lowest BCUT2D eigenvalue weighted by Gasteiger charge is -2.13. The molecular formula is C13H17N7O. The van der Waals surface area contributed by atoms with Crippen molar-refractivity contribution in [2.24, 2.45) is 0 Å². The molecule has 8 heteroatoms. The van der Waals surface area contributed by atoms with Gasteiger partial charge in [-0.1, -0.05) is 12.2 Å². The molecule has 1 saturated carbocycles. The van der Waals surface area contributed by atoms with Crippen molar-refractivity contribution in [1.29, 1.82) is 0 Å². The second-order valence-corrected chi connectivity index (χ2v) is 5.60. The zero-order chi connectivity index (χ0) is 14.4. The predicted octanol–water partition coefficient (Wildman–Crippen LogP) is 0.831. The number of imidazole rings is 1. The molecule has 21 heavy (non-hydrogen) atoms. The van der Waals surface area contributed by atoms with Gasteiger partial charge < -0.3 is 20.8 Å². The van der Waals surface area contributed by atoms with Crippen molar-refractivity contribution >= 4 is 22.9 Å².